The van der Waals surface area contributed by atoms with Crippen LogP contribution in [0.2, 0.25) is 0 Å². The number of nitrogens with two attached hydrogens (primary N) is 2. The van der Waals surface area contributed by atoms with Gasteiger partial charge < -0.3 is 26.8 Å². The highest BCUT2D eigenvalue weighted by molar-refractivity contribution is 8.93. The first-order valence-electron chi connectivity index (χ1n) is 11.2. The number of ether oxygens (including phenoxy) is 1. The summed E-state index contributed by atoms with van der Waals surface area (Å²) in [5.41, 5.74) is 15.0. The molecule has 0 unspecified atom stereocenters. The van der Waals surface area contributed by atoms with Gasteiger partial charge in [-0.2, -0.15) is 0 Å². The van der Waals surface area contributed by atoms with Crippen LogP contribution >= 0.6 is 17.0 Å². The number of hydrogen-bond acceptors (Lipinski definition) is 4. The summed E-state index contributed by atoms with van der Waals surface area (Å²) in [6.45, 7) is 4.89. The quantitative estimate of drug-likeness (QED) is 0.276. The van der Waals surface area contributed by atoms with Crippen molar-refractivity contribution in [2.24, 2.45) is 11.5 Å². The van der Waals surface area contributed by atoms with Crippen molar-refractivity contribution in [3.8, 4) is 5.75 Å². The first-order valence-corrected chi connectivity index (χ1v) is 11.2. The van der Waals surface area contributed by atoms with E-state index in [1.165, 1.54) is 0 Å². The Bertz CT molecular complexity index is 1110. The molecule has 0 bridgehead atoms. The van der Waals surface area contributed by atoms with Gasteiger partial charge in [-0.3, -0.25) is 4.90 Å². The van der Waals surface area contributed by atoms with Crippen molar-refractivity contribution in [2.75, 3.05) is 23.7 Å². The van der Waals surface area contributed by atoms with E-state index in [1.54, 1.807) is 6.07 Å². The lowest BCUT2D eigenvalue weighted by Crippen LogP contribution is -2.25. The number of likely N-dealkylation sites (N-methyl/N-ethyl adjacent to an activating group) is 1. The Morgan fingerprint density at radius 1 is 0.857 bits per heavy atom. The average molecular weight is 542 g/mol. The van der Waals surface area contributed by atoms with Crippen molar-refractivity contribution in [1.82, 2.24) is 4.90 Å². The van der Waals surface area contributed by atoms with Crippen LogP contribution in [0.15, 0.2) is 72.8 Å². The minimum absolute atomic E-state index is 0. The maximum Gasteiger partial charge on any atom is 0.316 e. The molecule has 186 valence electrons. The third-order valence-corrected chi connectivity index (χ3v) is 5.30. The molecular formula is C26H32BrN5O3. The van der Waals surface area contributed by atoms with Crippen LogP contribution in [0.5, 0.6) is 5.75 Å². The van der Waals surface area contributed by atoms with Gasteiger partial charge in [0.25, 0.3) is 0 Å². The predicted octanol–water partition coefficient (Wildman–Crippen LogP) is 4.89. The van der Waals surface area contributed by atoms with E-state index < -0.39 is 12.1 Å². The molecule has 9 heteroatoms. The van der Waals surface area contributed by atoms with Gasteiger partial charge in [0, 0.05) is 18.8 Å². The van der Waals surface area contributed by atoms with E-state index >= 15 is 0 Å². The zero-order valence-electron chi connectivity index (χ0n) is 19.7. The molecule has 6 N–H and O–H groups in total. The summed E-state index contributed by atoms with van der Waals surface area (Å²) in [7, 11) is 0. The predicted molar refractivity (Wildman–Crippen MR) is 145 cm³/mol. The number of urea groups is 2. The second kappa shape index (κ2) is 14.0. The van der Waals surface area contributed by atoms with Gasteiger partial charge in [0.05, 0.1) is 5.69 Å². The Morgan fingerprint density at radius 3 is 2.26 bits per heavy atom. The number of nitrogens with zero attached hydrogens (tertiary/aromatic N) is 1. The molecule has 0 saturated carbocycles. The standard InChI is InChI=1S/C26H31N5O3.BrH/c1-2-31(17-21-9-6-10-22(15-21)29-25(27)32)14-13-19-11-12-24(23(16-19)30-26(28)33)34-18-20-7-4-3-5-8-20;/h3-12,15-16H,2,13-14,17-18H2,1H3,(H3,27,29,32)(H3,28,30,33);1H. The maximum atomic E-state index is 11.5. The van der Waals surface area contributed by atoms with Crippen molar-refractivity contribution in [1.29, 1.82) is 0 Å². The molecule has 0 spiro atoms. The van der Waals surface area contributed by atoms with Gasteiger partial charge in [-0.25, -0.2) is 9.59 Å². The molecule has 0 aliphatic rings. The summed E-state index contributed by atoms with van der Waals surface area (Å²) < 4.78 is 5.92. The lowest BCUT2D eigenvalue weighted by Gasteiger charge is -2.21. The zero-order chi connectivity index (χ0) is 24.3. The van der Waals surface area contributed by atoms with Crippen LogP contribution in [0, 0.1) is 0 Å². The fourth-order valence-electron chi connectivity index (χ4n) is 3.61. The molecule has 0 aliphatic carbocycles. The van der Waals surface area contributed by atoms with Crippen LogP contribution in [0.1, 0.15) is 23.6 Å². The topological polar surface area (TPSA) is 123 Å². The molecule has 3 rings (SSSR count). The Morgan fingerprint density at radius 2 is 1.57 bits per heavy atom. The summed E-state index contributed by atoms with van der Waals surface area (Å²) in [5, 5.41) is 5.27. The number of benzene rings is 3. The molecule has 0 radical (unpaired) electrons. The number of hydrogen-bond donors (Lipinski definition) is 4. The van der Waals surface area contributed by atoms with E-state index in [4.69, 9.17) is 16.2 Å². The van der Waals surface area contributed by atoms with Gasteiger partial charge in [-0.15, -0.1) is 17.0 Å². The molecule has 0 aliphatic heterocycles. The molecule has 0 aromatic heterocycles. The highest BCUT2D eigenvalue weighted by Crippen LogP contribution is 2.27. The second-order valence-electron chi connectivity index (χ2n) is 7.90. The van der Waals surface area contributed by atoms with Crippen molar-refractivity contribution in [3.63, 3.8) is 0 Å². The molecule has 8 nitrogen and oxygen atoms in total. The van der Waals surface area contributed by atoms with Crippen LogP contribution < -0.4 is 26.8 Å². The van der Waals surface area contributed by atoms with Gasteiger partial charge in [0.2, 0.25) is 0 Å². The fourth-order valence-corrected chi connectivity index (χ4v) is 3.61. The van der Waals surface area contributed by atoms with Gasteiger partial charge in [0.15, 0.2) is 0 Å². The number of nitrogens with one attached hydrogen (secondary N) is 2. The van der Waals surface area contributed by atoms with E-state index in [-0.39, 0.29) is 17.0 Å². The molecular weight excluding hydrogens is 510 g/mol. The van der Waals surface area contributed by atoms with Crippen LogP contribution in [0.4, 0.5) is 21.0 Å². The minimum Gasteiger partial charge on any atom is -0.487 e. The van der Waals surface area contributed by atoms with Crippen molar-refractivity contribution in [3.05, 3.63) is 89.5 Å². The minimum atomic E-state index is -0.638. The molecule has 4 amide bonds. The van der Waals surface area contributed by atoms with Crippen LogP contribution in [0.3, 0.4) is 0 Å². The van der Waals surface area contributed by atoms with E-state index in [0.717, 1.165) is 42.7 Å². The number of carbonyl (C=O) groups excluding carboxylic acids is 2. The summed E-state index contributed by atoms with van der Waals surface area (Å²) in [6, 6.07) is 22.0. The first-order chi connectivity index (χ1) is 16.4. The zero-order valence-corrected chi connectivity index (χ0v) is 21.4. The number of anilines is 2. The monoisotopic (exact) mass is 541 g/mol. The summed E-state index contributed by atoms with van der Waals surface area (Å²) >= 11 is 0. The largest absolute Gasteiger partial charge is 0.487 e. The SMILES string of the molecule is Br.CCN(CCc1ccc(OCc2ccccc2)c(NC(N)=O)c1)Cc1cccc(NC(N)=O)c1. The van der Waals surface area contributed by atoms with Crippen LogP contribution in [-0.2, 0) is 19.6 Å². The third-order valence-electron chi connectivity index (χ3n) is 5.30. The molecule has 0 fully saturated rings. The molecule has 35 heavy (non-hydrogen) atoms. The number of carbonyl (C=O) groups is 2. The lowest BCUT2D eigenvalue weighted by molar-refractivity contribution is 0.258. The lowest BCUT2D eigenvalue weighted by atomic mass is 10.1. The number of primary amides is 2. The summed E-state index contributed by atoms with van der Waals surface area (Å²) in [6.07, 6.45) is 0.777. The average Bonchev–Trinajstić information content (AvgIpc) is 2.81. The third kappa shape index (κ3) is 9.30. The maximum absolute atomic E-state index is 11.5. The van der Waals surface area contributed by atoms with Crippen molar-refractivity contribution in [2.45, 2.75) is 26.5 Å². The van der Waals surface area contributed by atoms with E-state index in [9.17, 15) is 9.59 Å². The summed E-state index contributed by atoms with van der Waals surface area (Å²) in [5.74, 6) is 0.567. The number of halogens is 1. The molecule has 3 aromatic rings. The highest BCUT2D eigenvalue weighted by atomic mass is 79.9. The Kier molecular flexibility index (Phi) is 11.1. The van der Waals surface area contributed by atoms with E-state index in [1.807, 2.05) is 66.7 Å². The Hall–Kier alpha value is -3.56. The first kappa shape index (κ1) is 27.7. The highest BCUT2D eigenvalue weighted by Gasteiger charge is 2.10. The summed E-state index contributed by atoms with van der Waals surface area (Å²) in [4.78, 5) is 24.9. The van der Waals surface area contributed by atoms with Crippen molar-refractivity contribution >= 4 is 40.4 Å². The number of amides is 4. The van der Waals surface area contributed by atoms with E-state index in [2.05, 4.69) is 22.5 Å². The van der Waals surface area contributed by atoms with Gasteiger partial charge in [-0.05, 0) is 53.9 Å². The van der Waals surface area contributed by atoms with Gasteiger partial charge >= 0.3 is 12.1 Å². The molecule has 0 atom stereocenters. The number of rotatable bonds is 11. The van der Waals surface area contributed by atoms with Crippen LogP contribution in [-0.4, -0.2) is 30.1 Å². The van der Waals surface area contributed by atoms with E-state index in [0.29, 0.717) is 23.7 Å². The normalized spacial score (nSPS) is 10.3. The van der Waals surface area contributed by atoms with Crippen LogP contribution in [0.25, 0.3) is 0 Å². The van der Waals surface area contributed by atoms with Gasteiger partial charge in [0.1, 0.15) is 12.4 Å². The second-order valence-corrected chi connectivity index (χ2v) is 7.90. The Labute approximate surface area is 216 Å². The van der Waals surface area contributed by atoms with Gasteiger partial charge in [-0.1, -0.05) is 55.5 Å². The molecule has 0 saturated heterocycles. The molecule has 0 heterocycles. The smallest absolute Gasteiger partial charge is 0.316 e. The molecule has 3 aromatic carbocycles. The Balaban J connectivity index is 0.00000432. The van der Waals surface area contributed by atoms with Crippen molar-refractivity contribution < 1.29 is 14.3 Å². The fraction of sp³-hybridized carbons (Fsp3) is 0.231.